The fraction of sp³-hybridized carbons (Fsp3) is 0.130. The lowest BCUT2D eigenvalue weighted by molar-refractivity contribution is 0.0951. The minimum Gasteiger partial charge on any atom is -0.348 e. The second-order valence-electron chi connectivity index (χ2n) is 6.98. The van der Waals surface area contributed by atoms with Crippen molar-refractivity contribution in [2.75, 3.05) is 17.7 Å². The second-order valence-corrected chi connectivity index (χ2v) is 8.91. The Labute approximate surface area is 187 Å². The number of para-hydroxylation sites is 1. The van der Waals surface area contributed by atoms with Crippen LogP contribution in [0.1, 0.15) is 21.5 Å². The Morgan fingerprint density at radius 2 is 1.31 bits per heavy atom. The van der Waals surface area contributed by atoms with Gasteiger partial charge in [0.15, 0.2) is 0 Å². The summed E-state index contributed by atoms with van der Waals surface area (Å²) in [7, 11) is -1.95. The van der Waals surface area contributed by atoms with Crippen LogP contribution in [-0.4, -0.2) is 27.4 Å². The van der Waals surface area contributed by atoms with Crippen LogP contribution in [0.4, 0.5) is 16.2 Å². The number of amides is 3. The van der Waals surface area contributed by atoms with Gasteiger partial charge in [0.2, 0.25) is 10.0 Å². The molecule has 32 heavy (non-hydrogen) atoms. The van der Waals surface area contributed by atoms with E-state index >= 15 is 0 Å². The van der Waals surface area contributed by atoms with Crippen molar-refractivity contribution in [1.82, 2.24) is 10.0 Å². The molecule has 4 N–H and O–H groups in total. The Balaban J connectivity index is 1.50. The zero-order valence-electron chi connectivity index (χ0n) is 17.5. The average Bonchev–Trinajstić information content (AvgIpc) is 2.79. The summed E-state index contributed by atoms with van der Waals surface area (Å²) < 4.78 is 25.5. The van der Waals surface area contributed by atoms with E-state index in [-0.39, 0.29) is 17.7 Å². The van der Waals surface area contributed by atoms with Crippen LogP contribution in [0.25, 0.3) is 0 Å². The van der Waals surface area contributed by atoms with E-state index in [1.54, 1.807) is 60.7 Å². The first-order valence-corrected chi connectivity index (χ1v) is 11.5. The van der Waals surface area contributed by atoms with Crippen molar-refractivity contribution in [2.24, 2.45) is 0 Å². The van der Waals surface area contributed by atoms with Gasteiger partial charge in [0.05, 0.1) is 5.75 Å². The highest BCUT2D eigenvalue weighted by molar-refractivity contribution is 7.88. The van der Waals surface area contributed by atoms with E-state index in [1.807, 2.05) is 18.2 Å². The van der Waals surface area contributed by atoms with Gasteiger partial charge in [-0.05, 0) is 54.6 Å². The highest BCUT2D eigenvalue weighted by Crippen LogP contribution is 2.12. The summed E-state index contributed by atoms with van der Waals surface area (Å²) in [5.74, 6) is -0.355. The number of hydrogen-bond acceptors (Lipinski definition) is 4. The number of anilines is 2. The zero-order valence-corrected chi connectivity index (χ0v) is 18.3. The summed E-state index contributed by atoms with van der Waals surface area (Å²) in [6.45, 7) is 0.303. The van der Waals surface area contributed by atoms with Gasteiger partial charge in [0, 0.05) is 23.5 Å². The second kappa shape index (κ2) is 10.6. The molecule has 0 aliphatic heterocycles. The van der Waals surface area contributed by atoms with Crippen LogP contribution in [0, 0.1) is 0 Å². The Morgan fingerprint density at radius 1 is 0.750 bits per heavy atom. The molecule has 0 radical (unpaired) electrons. The van der Waals surface area contributed by atoms with Gasteiger partial charge in [-0.3, -0.25) is 4.79 Å². The molecule has 0 saturated heterocycles. The van der Waals surface area contributed by atoms with Gasteiger partial charge in [0.25, 0.3) is 5.91 Å². The first kappa shape index (κ1) is 23.0. The quantitative estimate of drug-likeness (QED) is 0.420. The molecule has 0 spiro atoms. The summed E-state index contributed by atoms with van der Waals surface area (Å²) in [4.78, 5) is 24.4. The molecule has 0 fully saturated rings. The minimum atomic E-state index is -3.32. The minimum absolute atomic E-state index is 0.0973. The number of benzene rings is 3. The Morgan fingerprint density at radius 3 is 1.91 bits per heavy atom. The van der Waals surface area contributed by atoms with E-state index in [2.05, 4.69) is 20.7 Å². The van der Waals surface area contributed by atoms with Crippen LogP contribution in [0.2, 0.25) is 0 Å². The molecule has 8 nitrogen and oxygen atoms in total. The first-order valence-electron chi connectivity index (χ1n) is 9.85. The largest absolute Gasteiger partial charge is 0.348 e. The van der Waals surface area contributed by atoms with Gasteiger partial charge in [-0.15, -0.1) is 0 Å². The lowest BCUT2D eigenvalue weighted by Crippen LogP contribution is -2.23. The monoisotopic (exact) mass is 452 g/mol. The van der Waals surface area contributed by atoms with E-state index in [0.29, 0.717) is 29.0 Å². The van der Waals surface area contributed by atoms with E-state index < -0.39 is 10.0 Å². The number of carbonyl (C=O) groups excluding carboxylic acids is 2. The van der Waals surface area contributed by atoms with Gasteiger partial charge >= 0.3 is 6.03 Å². The van der Waals surface area contributed by atoms with Crippen molar-refractivity contribution in [3.63, 3.8) is 0 Å². The number of nitrogens with one attached hydrogen (secondary N) is 4. The molecule has 0 aliphatic rings. The molecule has 3 amide bonds. The van der Waals surface area contributed by atoms with Crippen LogP contribution in [0.3, 0.4) is 0 Å². The number of carbonyl (C=O) groups is 2. The molecular formula is C23H24N4O4S. The topological polar surface area (TPSA) is 116 Å². The third-order valence-corrected chi connectivity index (χ3v) is 5.92. The molecule has 3 rings (SSSR count). The summed E-state index contributed by atoms with van der Waals surface area (Å²) in [5, 5.41) is 8.25. The van der Waals surface area contributed by atoms with Crippen LogP contribution in [0.5, 0.6) is 0 Å². The maximum Gasteiger partial charge on any atom is 0.323 e. The predicted octanol–water partition coefficient (Wildman–Crippen LogP) is 3.31. The van der Waals surface area contributed by atoms with Gasteiger partial charge in [-0.2, -0.15) is 0 Å². The number of sulfonamides is 1. The van der Waals surface area contributed by atoms with Gasteiger partial charge in [-0.25, -0.2) is 17.9 Å². The van der Waals surface area contributed by atoms with Crippen LogP contribution in [-0.2, 0) is 22.3 Å². The van der Waals surface area contributed by atoms with E-state index in [9.17, 15) is 18.0 Å². The normalized spacial score (nSPS) is 10.9. The zero-order chi connectivity index (χ0) is 23.0. The molecule has 0 bridgehead atoms. The SMILES string of the molecule is CNS(=O)(=O)Cc1ccc(CNC(=O)c2ccc(NC(=O)Nc3ccccc3)cc2)cc1. The highest BCUT2D eigenvalue weighted by atomic mass is 32.2. The number of urea groups is 1. The lowest BCUT2D eigenvalue weighted by atomic mass is 10.1. The standard InChI is InChI=1S/C23H24N4O4S/c1-24-32(30,31)16-18-9-7-17(8-10-18)15-25-22(28)19-11-13-21(14-12-19)27-23(29)26-20-5-3-2-4-6-20/h2-14,24H,15-16H2,1H3,(H,25,28)(H2,26,27,29). The maximum absolute atomic E-state index is 12.4. The smallest absolute Gasteiger partial charge is 0.323 e. The van der Waals surface area contributed by atoms with E-state index in [4.69, 9.17) is 0 Å². The Hall–Kier alpha value is -3.69. The molecule has 0 atom stereocenters. The molecule has 0 aromatic heterocycles. The average molecular weight is 453 g/mol. The van der Waals surface area contributed by atoms with Gasteiger partial charge < -0.3 is 16.0 Å². The number of rotatable bonds is 8. The summed E-state index contributed by atoms with van der Waals surface area (Å²) in [6, 6.07) is 22.2. The van der Waals surface area contributed by atoms with Gasteiger partial charge in [-0.1, -0.05) is 42.5 Å². The van der Waals surface area contributed by atoms with Crippen molar-refractivity contribution in [3.05, 3.63) is 95.6 Å². The van der Waals surface area contributed by atoms with Crippen molar-refractivity contribution < 1.29 is 18.0 Å². The molecule has 3 aromatic carbocycles. The molecule has 0 aliphatic carbocycles. The van der Waals surface area contributed by atoms with E-state index in [0.717, 1.165) is 5.56 Å². The van der Waals surface area contributed by atoms with Gasteiger partial charge in [0.1, 0.15) is 0 Å². The maximum atomic E-state index is 12.4. The molecular weight excluding hydrogens is 428 g/mol. The summed E-state index contributed by atoms with van der Waals surface area (Å²) >= 11 is 0. The molecule has 0 unspecified atom stereocenters. The number of hydrogen-bond donors (Lipinski definition) is 4. The Kier molecular flexibility index (Phi) is 7.58. The predicted molar refractivity (Wildman–Crippen MR) is 125 cm³/mol. The van der Waals surface area contributed by atoms with Crippen molar-refractivity contribution in [3.8, 4) is 0 Å². The summed E-state index contributed by atoms with van der Waals surface area (Å²) in [6.07, 6.45) is 0. The lowest BCUT2D eigenvalue weighted by Gasteiger charge is -2.09. The molecule has 0 heterocycles. The van der Waals surface area contributed by atoms with Crippen LogP contribution < -0.4 is 20.7 Å². The fourth-order valence-electron chi connectivity index (χ4n) is 2.85. The molecule has 3 aromatic rings. The van der Waals surface area contributed by atoms with Crippen molar-refractivity contribution >= 4 is 33.3 Å². The van der Waals surface area contributed by atoms with Crippen LogP contribution >= 0.6 is 0 Å². The first-order chi connectivity index (χ1) is 15.3. The third kappa shape index (κ3) is 6.93. The van der Waals surface area contributed by atoms with Crippen LogP contribution in [0.15, 0.2) is 78.9 Å². The molecule has 0 saturated carbocycles. The van der Waals surface area contributed by atoms with E-state index in [1.165, 1.54) is 7.05 Å². The Bertz CT molecular complexity index is 1160. The summed E-state index contributed by atoms with van der Waals surface area (Å²) in [5.41, 5.74) is 3.20. The molecule has 166 valence electrons. The van der Waals surface area contributed by atoms with Crippen molar-refractivity contribution in [1.29, 1.82) is 0 Å². The fourth-order valence-corrected chi connectivity index (χ4v) is 3.62. The highest BCUT2D eigenvalue weighted by Gasteiger charge is 2.09. The third-order valence-electron chi connectivity index (χ3n) is 4.58. The van der Waals surface area contributed by atoms with Crippen molar-refractivity contribution in [2.45, 2.75) is 12.3 Å². The molecule has 9 heteroatoms.